The fourth-order valence-corrected chi connectivity index (χ4v) is 2.08. The SMILES string of the molecule is CC1=C(C)C(=O)C(Cc2cccnc2)=C(C)C1=O. The maximum absolute atomic E-state index is 12.2. The van der Waals surface area contributed by atoms with Gasteiger partial charge in [-0.1, -0.05) is 6.07 Å². The molecule has 0 N–H and O–H groups in total. The van der Waals surface area contributed by atoms with Gasteiger partial charge >= 0.3 is 0 Å². The molecule has 1 aromatic rings. The van der Waals surface area contributed by atoms with Crippen LogP contribution in [-0.2, 0) is 16.0 Å². The molecule has 18 heavy (non-hydrogen) atoms. The van der Waals surface area contributed by atoms with Crippen molar-refractivity contribution >= 4 is 11.6 Å². The molecule has 0 fully saturated rings. The zero-order valence-electron chi connectivity index (χ0n) is 10.8. The van der Waals surface area contributed by atoms with Crippen molar-refractivity contribution in [2.24, 2.45) is 0 Å². The molecule has 2 rings (SSSR count). The van der Waals surface area contributed by atoms with Crippen LogP contribution in [0.15, 0.2) is 46.8 Å². The molecule has 1 aliphatic carbocycles. The Morgan fingerprint density at radius 2 is 1.67 bits per heavy atom. The van der Waals surface area contributed by atoms with Gasteiger partial charge in [-0.25, -0.2) is 0 Å². The van der Waals surface area contributed by atoms with Crippen LogP contribution in [0, 0.1) is 0 Å². The van der Waals surface area contributed by atoms with Gasteiger partial charge in [-0.15, -0.1) is 0 Å². The normalized spacial score (nSPS) is 16.6. The quantitative estimate of drug-likeness (QED) is 0.747. The van der Waals surface area contributed by atoms with Crippen LogP contribution < -0.4 is 0 Å². The van der Waals surface area contributed by atoms with E-state index in [2.05, 4.69) is 4.98 Å². The number of nitrogens with zero attached hydrogens (tertiary/aromatic N) is 1. The van der Waals surface area contributed by atoms with E-state index in [1.165, 1.54) is 0 Å². The van der Waals surface area contributed by atoms with Gasteiger partial charge in [0.15, 0.2) is 11.6 Å². The fraction of sp³-hybridized carbons (Fsp3) is 0.267. The first-order valence-electron chi connectivity index (χ1n) is 5.88. The number of ketones is 2. The molecule has 0 bridgehead atoms. The molecule has 0 unspecified atom stereocenters. The van der Waals surface area contributed by atoms with Gasteiger partial charge in [0.05, 0.1) is 0 Å². The highest BCUT2D eigenvalue weighted by molar-refractivity contribution is 6.24. The molecule has 0 saturated heterocycles. The smallest absolute Gasteiger partial charge is 0.185 e. The summed E-state index contributed by atoms with van der Waals surface area (Å²) in [5, 5.41) is 0. The van der Waals surface area contributed by atoms with Crippen molar-refractivity contribution in [2.45, 2.75) is 27.2 Å². The number of carbonyl (C=O) groups is 2. The van der Waals surface area contributed by atoms with Gasteiger partial charge in [0, 0.05) is 41.1 Å². The van der Waals surface area contributed by atoms with E-state index in [9.17, 15) is 9.59 Å². The Morgan fingerprint density at radius 3 is 2.28 bits per heavy atom. The van der Waals surface area contributed by atoms with E-state index in [0.29, 0.717) is 28.7 Å². The van der Waals surface area contributed by atoms with Gasteiger partial charge in [-0.3, -0.25) is 14.6 Å². The number of carbonyl (C=O) groups excluding carboxylic acids is 2. The Kier molecular flexibility index (Phi) is 3.24. The molecule has 0 aromatic carbocycles. The van der Waals surface area contributed by atoms with Crippen LogP contribution in [0.1, 0.15) is 26.3 Å². The summed E-state index contributed by atoms with van der Waals surface area (Å²) >= 11 is 0. The monoisotopic (exact) mass is 241 g/mol. The molecule has 1 aliphatic rings. The van der Waals surface area contributed by atoms with E-state index in [1.54, 1.807) is 33.2 Å². The molecule has 0 amide bonds. The summed E-state index contributed by atoms with van der Waals surface area (Å²) in [6.45, 7) is 5.15. The van der Waals surface area contributed by atoms with Gasteiger partial charge in [0.25, 0.3) is 0 Å². The third-order valence-corrected chi connectivity index (χ3v) is 3.41. The predicted molar refractivity (Wildman–Crippen MR) is 69.0 cm³/mol. The number of hydrogen-bond donors (Lipinski definition) is 0. The van der Waals surface area contributed by atoms with Crippen LogP contribution in [0.5, 0.6) is 0 Å². The fourth-order valence-electron chi connectivity index (χ4n) is 2.08. The molecule has 0 saturated carbocycles. The summed E-state index contributed by atoms with van der Waals surface area (Å²) in [4.78, 5) is 28.2. The van der Waals surface area contributed by atoms with Crippen molar-refractivity contribution in [3.05, 3.63) is 52.4 Å². The molecule has 0 atom stereocenters. The standard InChI is InChI=1S/C15H15NO2/c1-9-10(2)15(18)13(11(3)14(9)17)7-12-5-4-6-16-8-12/h4-6,8H,7H2,1-3H3. The van der Waals surface area contributed by atoms with Crippen LogP contribution >= 0.6 is 0 Å². The first-order valence-corrected chi connectivity index (χ1v) is 5.88. The minimum atomic E-state index is -0.0222. The van der Waals surface area contributed by atoms with Gasteiger partial charge < -0.3 is 0 Å². The predicted octanol–water partition coefficient (Wildman–Crippen LogP) is 2.43. The number of hydrogen-bond acceptors (Lipinski definition) is 3. The van der Waals surface area contributed by atoms with Gasteiger partial charge in [-0.05, 0) is 32.4 Å². The average molecular weight is 241 g/mol. The second-order valence-electron chi connectivity index (χ2n) is 4.55. The molecule has 1 heterocycles. The van der Waals surface area contributed by atoms with Crippen LogP contribution in [-0.4, -0.2) is 16.6 Å². The average Bonchev–Trinajstić information content (AvgIpc) is 2.40. The van der Waals surface area contributed by atoms with E-state index in [1.807, 2.05) is 12.1 Å². The lowest BCUT2D eigenvalue weighted by atomic mass is 9.83. The molecular formula is C15H15NO2. The minimum Gasteiger partial charge on any atom is -0.289 e. The van der Waals surface area contributed by atoms with Gasteiger partial charge in [0.1, 0.15) is 0 Å². The molecular weight excluding hydrogens is 226 g/mol. The summed E-state index contributed by atoms with van der Waals surface area (Å²) in [6.07, 6.45) is 3.88. The highest BCUT2D eigenvalue weighted by Gasteiger charge is 2.27. The highest BCUT2D eigenvalue weighted by Crippen LogP contribution is 2.26. The first-order chi connectivity index (χ1) is 8.52. The Labute approximate surface area is 106 Å². The lowest BCUT2D eigenvalue weighted by Crippen LogP contribution is -2.21. The van der Waals surface area contributed by atoms with Crippen LogP contribution in [0.3, 0.4) is 0 Å². The lowest BCUT2D eigenvalue weighted by Gasteiger charge is -2.18. The summed E-state index contributed by atoms with van der Waals surface area (Å²) in [6, 6.07) is 3.74. The summed E-state index contributed by atoms with van der Waals surface area (Å²) in [5.41, 5.74) is 3.22. The number of aromatic nitrogens is 1. The molecule has 92 valence electrons. The van der Waals surface area contributed by atoms with Crippen molar-refractivity contribution in [1.29, 1.82) is 0 Å². The Hall–Kier alpha value is -2.03. The maximum Gasteiger partial charge on any atom is 0.185 e. The number of allylic oxidation sites excluding steroid dienone is 4. The summed E-state index contributed by atoms with van der Waals surface area (Å²) < 4.78 is 0. The van der Waals surface area contributed by atoms with Crippen LogP contribution in [0.4, 0.5) is 0 Å². The number of rotatable bonds is 2. The molecule has 1 aromatic heterocycles. The second-order valence-corrected chi connectivity index (χ2v) is 4.55. The van der Waals surface area contributed by atoms with Crippen molar-refractivity contribution in [3.8, 4) is 0 Å². The Bertz CT molecular complexity index is 580. The van der Waals surface area contributed by atoms with E-state index < -0.39 is 0 Å². The van der Waals surface area contributed by atoms with Crippen molar-refractivity contribution in [3.63, 3.8) is 0 Å². The zero-order valence-corrected chi connectivity index (χ0v) is 10.8. The maximum atomic E-state index is 12.2. The molecule has 0 radical (unpaired) electrons. The van der Waals surface area contributed by atoms with Crippen molar-refractivity contribution < 1.29 is 9.59 Å². The Balaban J connectivity index is 2.39. The van der Waals surface area contributed by atoms with Gasteiger partial charge in [0.2, 0.25) is 0 Å². The lowest BCUT2D eigenvalue weighted by molar-refractivity contribution is -0.116. The van der Waals surface area contributed by atoms with Crippen LogP contribution in [0.2, 0.25) is 0 Å². The topological polar surface area (TPSA) is 47.0 Å². The van der Waals surface area contributed by atoms with E-state index in [-0.39, 0.29) is 11.6 Å². The minimum absolute atomic E-state index is 0.0200. The third kappa shape index (κ3) is 2.04. The van der Waals surface area contributed by atoms with E-state index >= 15 is 0 Å². The second kappa shape index (κ2) is 4.69. The Morgan fingerprint density at radius 1 is 1.00 bits per heavy atom. The zero-order chi connectivity index (χ0) is 13.3. The molecule has 3 nitrogen and oxygen atoms in total. The first kappa shape index (κ1) is 12.4. The molecule has 3 heteroatoms. The van der Waals surface area contributed by atoms with Crippen molar-refractivity contribution in [2.75, 3.05) is 0 Å². The molecule has 0 aliphatic heterocycles. The van der Waals surface area contributed by atoms with E-state index in [4.69, 9.17) is 0 Å². The van der Waals surface area contributed by atoms with Crippen molar-refractivity contribution in [1.82, 2.24) is 4.98 Å². The number of Topliss-reactive ketones (excluding diaryl/α,β-unsaturated/α-hetero) is 2. The highest BCUT2D eigenvalue weighted by atomic mass is 16.1. The summed E-state index contributed by atoms with van der Waals surface area (Å²) in [7, 11) is 0. The molecule has 0 spiro atoms. The summed E-state index contributed by atoms with van der Waals surface area (Å²) in [5.74, 6) is -0.0422. The van der Waals surface area contributed by atoms with E-state index in [0.717, 1.165) is 5.56 Å². The number of pyridine rings is 1. The third-order valence-electron chi connectivity index (χ3n) is 3.41. The van der Waals surface area contributed by atoms with Crippen LogP contribution in [0.25, 0.3) is 0 Å². The largest absolute Gasteiger partial charge is 0.289 e. The van der Waals surface area contributed by atoms with Gasteiger partial charge in [-0.2, -0.15) is 0 Å².